The molecule has 0 heterocycles. The van der Waals surface area contributed by atoms with Crippen LogP contribution in [0.15, 0.2) is 53.0 Å². The Kier molecular flexibility index (Phi) is 4.32. The predicted octanol–water partition coefficient (Wildman–Crippen LogP) is 5.85. The Labute approximate surface area is 126 Å². The third-order valence-corrected chi connectivity index (χ3v) is 4.79. The highest BCUT2D eigenvalue weighted by Gasteiger charge is 2.31. The lowest BCUT2D eigenvalue weighted by molar-refractivity contribution is 0.503. The van der Waals surface area contributed by atoms with E-state index >= 15 is 0 Å². The Morgan fingerprint density at radius 1 is 1.11 bits per heavy atom. The second-order valence-corrected chi connectivity index (χ2v) is 6.41. The lowest BCUT2D eigenvalue weighted by Gasteiger charge is -2.31. The zero-order valence-corrected chi connectivity index (χ0v) is 13.2. The first-order chi connectivity index (χ1) is 8.93. The molecule has 1 unspecified atom stereocenters. The van der Waals surface area contributed by atoms with Gasteiger partial charge < -0.3 is 0 Å². The Morgan fingerprint density at radius 3 is 2.32 bits per heavy atom. The number of halogens is 3. The first-order valence-corrected chi connectivity index (χ1v) is 7.30. The van der Waals surface area contributed by atoms with Gasteiger partial charge in [0.25, 0.3) is 0 Å². The molecular weight excluding hydrogens is 327 g/mol. The van der Waals surface area contributed by atoms with Crippen LogP contribution < -0.4 is 0 Å². The van der Waals surface area contributed by atoms with Gasteiger partial charge >= 0.3 is 0 Å². The van der Waals surface area contributed by atoms with Crippen molar-refractivity contribution in [2.45, 2.75) is 24.6 Å². The van der Waals surface area contributed by atoms with Gasteiger partial charge in [0.05, 0.1) is 9.85 Å². The fourth-order valence-corrected chi connectivity index (χ4v) is 2.76. The van der Waals surface area contributed by atoms with Crippen LogP contribution in [-0.2, 0) is 5.41 Å². The van der Waals surface area contributed by atoms with Gasteiger partial charge in [-0.25, -0.2) is 4.39 Å². The molecule has 0 aliphatic heterocycles. The van der Waals surface area contributed by atoms with Crippen molar-refractivity contribution in [3.63, 3.8) is 0 Å². The van der Waals surface area contributed by atoms with Crippen LogP contribution in [0.3, 0.4) is 0 Å². The largest absolute Gasteiger partial charge is 0.206 e. The van der Waals surface area contributed by atoms with Gasteiger partial charge in [0.2, 0.25) is 0 Å². The van der Waals surface area contributed by atoms with Crippen molar-refractivity contribution in [2.24, 2.45) is 0 Å². The Balaban J connectivity index is 2.37. The van der Waals surface area contributed by atoms with E-state index in [-0.39, 0.29) is 16.6 Å². The molecule has 0 fully saturated rings. The minimum absolute atomic E-state index is 0.230. The van der Waals surface area contributed by atoms with Gasteiger partial charge in [-0.3, -0.25) is 0 Å². The van der Waals surface area contributed by atoms with Gasteiger partial charge in [-0.15, -0.1) is 11.6 Å². The van der Waals surface area contributed by atoms with Crippen molar-refractivity contribution in [3.8, 4) is 0 Å². The summed E-state index contributed by atoms with van der Waals surface area (Å²) >= 11 is 9.82. The average molecular weight is 342 g/mol. The molecule has 0 saturated heterocycles. The van der Waals surface area contributed by atoms with E-state index in [9.17, 15) is 4.39 Å². The number of hydrogen-bond acceptors (Lipinski definition) is 0. The maximum atomic E-state index is 13.3. The van der Waals surface area contributed by atoms with Crippen molar-refractivity contribution >= 4 is 27.5 Å². The van der Waals surface area contributed by atoms with E-state index in [2.05, 4.69) is 41.9 Å². The summed E-state index contributed by atoms with van der Waals surface area (Å²) in [5, 5.41) is -0.230. The maximum absolute atomic E-state index is 13.3. The molecule has 1 atom stereocenters. The zero-order valence-electron chi connectivity index (χ0n) is 10.8. The topological polar surface area (TPSA) is 0 Å². The second kappa shape index (κ2) is 5.64. The molecule has 0 spiro atoms. The molecule has 0 N–H and O–H groups in total. The van der Waals surface area contributed by atoms with Crippen LogP contribution in [0, 0.1) is 5.82 Å². The van der Waals surface area contributed by atoms with Gasteiger partial charge in [0.15, 0.2) is 0 Å². The second-order valence-electron chi connectivity index (χ2n) is 5.12. The van der Waals surface area contributed by atoms with Crippen molar-refractivity contribution < 1.29 is 4.39 Å². The summed E-state index contributed by atoms with van der Waals surface area (Å²) in [4.78, 5) is 0. The molecule has 0 amide bonds. The minimum atomic E-state index is -0.273. The highest BCUT2D eigenvalue weighted by molar-refractivity contribution is 9.10. The van der Waals surface area contributed by atoms with E-state index in [1.54, 1.807) is 12.1 Å². The van der Waals surface area contributed by atoms with Gasteiger partial charge in [0, 0.05) is 5.41 Å². The van der Waals surface area contributed by atoms with Gasteiger partial charge in [-0.1, -0.05) is 50.2 Å². The SMILES string of the molecule is CC(C)(c1ccccc1)C(Cl)c1ccc(F)c(Br)c1. The summed E-state index contributed by atoms with van der Waals surface area (Å²) in [6.07, 6.45) is 0. The van der Waals surface area contributed by atoms with Crippen LogP contribution >= 0.6 is 27.5 Å². The van der Waals surface area contributed by atoms with E-state index < -0.39 is 0 Å². The van der Waals surface area contributed by atoms with Gasteiger partial charge in [-0.05, 0) is 39.2 Å². The summed E-state index contributed by atoms with van der Waals surface area (Å²) in [6.45, 7) is 4.19. The van der Waals surface area contributed by atoms with Crippen LogP contribution in [-0.4, -0.2) is 0 Å². The summed E-state index contributed by atoms with van der Waals surface area (Å²) < 4.78 is 13.7. The van der Waals surface area contributed by atoms with E-state index in [1.807, 2.05) is 18.2 Å². The summed E-state index contributed by atoms with van der Waals surface area (Å²) in [7, 11) is 0. The fraction of sp³-hybridized carbons (Fsp3) is 0.250. The van der Waals surface area contributed by atoms with Crippen LogP contribution in [0.1, 0.15) is 30.4 Å². The molecule has 0 radical (unpaired) electrons. The van der Waals surface area contributed by atoms with Crippen molar-refractivity contribution in [1.29, 1.82) is 0 Å². The quantitative estimate of drug-likeness (QED) is 0.615. The van der Waals surface area contributed by atoms with Gasteiger partial charge in [-0.2, -0.15) is 0 Å². The molecule has 0 bridgehead atoms. The van der Waals surface area contributed by atoms with E-state index in [0.29, 0.717) is 4.47 Å². The molecular formula is C16H15BrClF. The van der Waals surface area contributed by atoms with Crippen LogP contribution in [0.25, 0.3) is 0 Å². The summed E-state index contributed by atoms with van der Waals surface area (Å²) in [5.41, 5.74) is 1.83. The third kappa shape index (κ3) is 3.01. The van der Waals surface area contributed by atoms with Crippen LogP contribution in [0.2, 0.25) is 0 Å². The fourth-order valence-electron chi connectivity index (χ4n) is 2.10. The molecule has 2 aromatic rings. The Bertz CT molecular complexity index is 566. The number of hydrogen-bond donors (Lipinski definition) is 0. The van der Waals surface area contributed by atoms with Crippen LogP contribution in [0.5, 0.6) is 0 Å². The van der Waals surface area contributed by atoms with E-state index in [0.717, 1.165) is 11.1 Å². The summed E-state index contributed by atoms with van der Waals surface area (Å²) in [6, 6.07) is 15.0. The summed E-state index contributed by atoms with van der Waals surface area (Å²) in [5.74, 6) is -0.273. The predicted molar refractivity (Wildman–Crippen MR) is 82.2 cm³/mol. The number of rotatable bonds is 3. The number of alkyl halides is 1. The minimum Gasteiger partial charge on any atom is -0.206 e. The molecule has 3 heteroatoms. The maximum Gasteiger partial charge on any atom is 0.137 e. The molecule has 0 nitrogen and oxygen atoms in total. The highest BCUT2D eigenvalue weighted by atomic mass is 79.9. The van der Waals surface area contributed by atoms with E-state index in [4.69, 9.17) is 11.6 Å². The monoisotopic (exact) mass is 340 g/mol. The molecule has 0 aromatic heterocycles. The average Bonchev–Trinajstić information content (AvgIpc) is 2.42. The molecule has 100 valence electrons. The normalized spacial score (nSPS) is 13.3. The Hall–Kier alpha value is -0.860. The molecule has 2 aromatic carbocycles. The zero-order chi connectivity index (χ0) is 14.0. The molecule has 19 heavy (non-hydrogen) atoms. The number of benzene rings is 2. The molecule has 0 aliphatic rings. The van der Waals surface area contributed by atoms with Crippen molar-refractivity contribution in [3.05, 3.63) is 69.9 Å². The molecule has 0 saturated carbocycles. The van der Waals surface area contributed by atoms with E-state index in [1.165, 1.54) is 6.07 Å². The van der Waals surface area contributed by atoms with Crippen molar-refractivity contribution in [2.75, 3.05) is 0 Å². The van der Waals surface area contributed by atoms with Crippen molar-refractivity contribution in [1.82, 2.24) is 0 Å². The lowest BCUT2D eigenvalue weighted by atomic mass is 9.79. The van der Waals surface area contributed by atoms with Gasteiger partial charge in [0.1, 0.15) is 5.82 Å². The molecule has 0 aliphatic carbocycles. The first-order valence-electron chi connectivity index (χ1n) is 6.07. The first kappa shape index (κ1) is 14.5. The Morgan fingerprint density at radius 2 is 1.74 bits per heavy atom. The molecule has 2 rings (SSSR count). The van der Waals surface area contributed by atoms with Crippen LogP contribution in [0.4, 0.5) is 4.39 Å². The third-order valence-electron chi connectivity index (χ3n) is 3.39. The smallest absolute Gasteiger partial charge is 0.137 e. The standard InChI is InChI=1S/C16H15BrClF/c1-16(2,12-6-4-3-5-7-12)15(18)11-8-9-14(19)13(17)10-11/h3-10,15H,1-2H3. The lowest BCUT2D eigenvalue weighted by Crippen LogP contribution is -2.23. The highest BCUT2D eigenvalue weighted by Crippen LogP contribution is 2.42.